The van der Waals surface area contributed by atoms with Crippen LogP contribution in [0.15, 0.2) is 24.3 Å². The molecule has 1 rings (SSSR count). The van der Waals surface area contributed by atoms with Gasteiger partial charge in [-0.2, -0.15) is 0 Å². The smallest absolute Gasteiger partial charge is 0.0348 e. The minimum Gasteiger partial charge on any atom is -0.0917 e. The molecule has 17 heavy (non-hydrogen) atoms. The normalized spacial score (nSPS) is 26.0. The molecular weight excluding hydrogens is 204 g/mol. The molecule has 0 radical (unpaired) electrons. The fourth-order valence-corrected chi connectivity index (χ4v) is 2.92. The standard InChI is InChI=1S/C17H30/c1-3-5-7-9-11-17-14-12-16(13-15-17)10-8-6-4-2/h4-7,16-17H,3,8-15H2,1-2H3/b6-4+,7-5+. The fraction of sp³-hybridized carbons (Fsp3) is 0.765. The quantitative estimate of drug-likeness (QED) is 0.481. The lowest BCUT2D eigenvalue weighted by Crippen LogP contribution is -2.14. The van der Waals surface area contributed by atoms with Crippen LogP contribution >= 0.6 is 0 Å². The molecule has 0 saturated heterocycles. The maximum absolute atomic E-state index is 2.37. The molecule has 0 spiro atoms. The highest BCUT2D eigenvalue weighted by Crippen LogP contribution is 2.33. The molecule has 1 saturated carbocycles. The summed E-state index contributed by atoms with van der Waals surface area (Å²) in [5.74, 6) is 2.04. The van der Waals surface area contributed by atoms with Gasteiger partial charge in [0.25, 0.3) is 0 Å². The van der Waals surface area contributed by atoms with Crippen molar-refractivity contribution in [2.45, 2.75) is 71.6 Å². The third kappa shape index (κ3) is 6.71. The van der Waals surface area contributed by atoms with Crippen LogP contribution in [0.3, 0.4) is 0 Å². The lowest BCUT2D eigenvalue weighted by molar-refractivity contribution is 0.255. The van der Waals surface area contributed by atoms with Crippen LogP contribution in [0.1, 0.15) is 71.6 Å². The zero-order chi connectivity index (χ0) is 12.3. The Morgan fingerprint density at radius 3 is 1.82 bits per heavy atom. The Bertz CT molecular complexity index is 216. The monoisotopic (exact) mass is 234 g/mol. The van der Waals surface area contributed by atoms with Gasteiger partial charge >= 0.3 is 0 Å². The van der Waals surface area contributed by atoms with E-state index in [9.17, 15) is 0 Å². The van der Waals surface area contributed by atoms with Crippen LogP contribution in [0.25, 0.3) is 0 Å². The van der Waals surface area contributed by atoms with Crippen molar-refractivity contribution in [1.82, 2.24) is 0 Å². The van der Waals surface area contributed by atoms with E-state index in [0.29, 0.717) is 0 Å². The first-order valence-electron chi connectivity index (χ1n) is 7.63. The molecule has 0 amide bonds. The summed E-state index contributed by atoms with van der Waals surface area (Å²) in [6, 6.07) is 0. The molecule has 1 fully saturated rings. The molecule has 0 heterocycles. The van der Waals surface area contributed by atoms with Gasteiger partial charge in [0.1, 0.15) is 0 Å². The van der Waals surface area contributed by atoms with Gasteiger partial charge in [-0.3, -0.25) is 0 Å². The fourth-order valence-electron chi connectivity index (χ4n) is 2.92. The highest BCUT2D eigenvalue weighted by Gasteiger charge is 2.19. The molecular formula is C17H30. The van der Waals surface area contributed by atoms with Crippen molar-refractivity contribution in [2.75, 3.05) is 0 Å². The predicted octanol–water partition coefficient (Wildman–Crippen LogP) is 5.90. The zero-order valence-corrected chi connectivity index (χ0v) is 11.8. The summed E-state index contributed by atoms with van der Waals surface area (Å²) in [6.45, 7) is 4.34. The van der Waals surface area contributed by atoms with Gasteiger partial charge < -0.3 is 0 Å². The molecule has 1 aliphatic rings. The first kappa shape index (κ1) is 14.5. The van der Waals surface area contributed by atoms with Crippen LogP contribution in [0.5, 0.6) is 0 Å². The van der Waals surface area contributed by atoms with Gasteiger partial charge in [-0.15, -0.1) is 0 Å². The molecule has 0 aliphatic heterocycles. The maximum atomic E-state index is 2.37. The summed E-state index contributed by atoms with van der Waals surface area (Å²) >= 11 is 0. The zero-order valence-electron chi connectivity index (χ0n) is 11.8. The van der Waals surface area contributed by atoms with E-state index >= 15 is 0 Å². The molecule has 0 heteroatoms. The van der Waals surface area contributed by atoms with Crippen molar-refractivity contribution in [2.24, 2.45) is 11.8 Å². The van der Waals surface area contributed by atoms with Gasteiger partial charge in [0, 0.05) is 0 Å². The van der Waals surface area contributed by atoms with Crippen LogP contribution in [0.2, 0.25) is 0 Å². The topological polar surface area (TPSA) is 0 Å². The van der Waals surface area contributed by atoms with Crippen molar-refractivity contribution in [3.05, 3.63) is 24.3 Å². The molecule has 0 unspecified atom stereocenters. The molecule has 98 valence electrons. The van der Waals surface area contributed by atoms with Gasteiger partial charge in [-0.05, 0) is 50.9 Å². The largest absolute Gasteiger partial charge is 0.0917 e. The van der Waals surface area contributed by atoms with E-state index in [-0.39, 0.29) is 0 Å². The van der Waals surface area contributed by atoms with E-state index in [1.165, 1.54) is 57.8 Å². The third-order valence-electron chi connectivity index (χ3n) is 4.09. The summed E-state index contributed by atoms with van der Waals surface area (Å²) in [6.07, 6.45) is 21.8. The Morgan fingerprint density at radius 2 is 1.35 bits per heavy atom. The van der Waals surface area contributed by atoms with Crippen LogP contribution in [-0.2, 0) is 0 Å². The van der Waals surface area contributed by atoms with Crippen molar-refractivity contribution in [3.8, 4) is 0 Å². The molecule has 0 bridgehead atoms. The van der Waals surface area contributed by atoms with Crippen LogP contribution in [0, 0.1) is 11.8 Å². The van der Waals surface area contributed by atoms with E-state index in [1.807, 2.05) is 0 Å². The van der Waals surface area contributed by atoms with Crippen LogP contribution in [0.4, 0.5) is 0 Å². The molecule has 0 nitrogen and oxygen atoms in total. The Hall–Kier alpha value is -0.520. The minimum atomic E-state index is 1.02. The van der Waals surface area contributed by atoms with E-state index in [4.69, 9.17) is 0 Å². The minimum absolute atomic E-state index is 1.02. The van der Waals surface area contributed by atoms with Gasteiger partial charge in [0.05, 0.1) is 0 Å². The maximum Gasteiger partial charge on any atom is -0.0348 e. The van der Waals surface area contributed by atoms with E-state index in [2.05, 4.69) is 38.2 Å². The van der Waals surface area contributed by atoms with E-state index in [0.717, 1.165) is 11.8 Å². The van der Waals surface area contributed by atoms with E-state index in [1.54, 1.807) is 0 Å². The highest BCUT2D eigenvalue weighted by molar-refractivity contribution is 4.83. The van der Waals surface area contributed by atoms with Gasteiger partial charge in [-0.1, -0.05) is 56.9 Å². The summed E-state index contributed by atoms with van der Waals surface area (Å²) in [7, 11) is 0. The third-order valence-corrected chi connectivity index (χ3v) is 4.09. The average molecular weight is 234 g/mol. The predicted molar refractivity (Wildman–Crippen MR) is 78.2 cm³/mol. The summed E-state index contributed by atoms with van der Waals surface area (Å²) < 4.78 is 0. The first-order valence-corrected chi connectivity index (χ1v) is 7.63. The number of rotatable bonds is 7. The highest BCUT2D eigenvalue weighted by atomic mass is 14.2. The molecule has 0 aromatic heterocycles. The van der Waals surface area contributed by atoms with Crippen molar-refractivity contribution in [3.63, 3.8) is 0 Å². The molecule has 0 atom stereocenters. The van der Waals surface area contributed by atoms with Gasteiger partial charge in [-0.25, -0.2) is 0 Å². The number of hydrogen-bond acceptors (Lipinski definition) is 0. The Balaban J connectivity index is 2.06. The molecule has 0 aromatic rings. The van der Waals surface area contributed by atoms with E-state index < -0.39 is 0 Å². The summed E-state index contributed by atoms with van der Waals surface area (Å²) in [4.78, 5) is 0. The van der Waals surface area contributed by atoms with Crippen molar-refractivity contribution < 1.29 is 0 Å². The Labute approximate surface area is 108 Å². The Kier molecular flexibility index (Phi) is 8.13. The second-order valence-corrected chi connectivity index (χ2v) is 5.49. The lowest BCUT2D eigenvalue weighted by Gasteiger charge is -2.28. The second kappa shape index (κ2) is 9.50. The van der Waals surface area contributed by atoms with Gasteiger partial charge in [0.2, 0.25) is 0 Å². The van der Waals surface area contributed by atoms with Crippen molar-refractivity contribution >= 4 is 0 Å². The molecule has 0 N–H and O–H groups in total. The molecule has 0 aromatic carbocycles. The van der Waals surface area contributed by atoms with Gasteiger partial charge in [0.15, 0.2) is 0 Å². The number of hydrogen-bond donors (Lipinski definition) is 0. The Morgan fingerprint density at radius 1 is 0.824 bits per heavy atom. The summed E-state index contributed by atoms with van der Waals surface area (Å²) in [5, 5.41) is 0. The molecule has 1 aliphatic carbocycles. The van der Waals surface area contributed by atoms with Crippen LogP contribution in [-0.4, -0.2) is 0 Å². The second-order valence-electron chi connectivity index (χ2n) is 5.49. The van der Waals surface area contributed by atoms with Crippen LogP contribution < -0.4 is 0 Å². The SMILES string of the molecule is C/C=C/CCC1CCC(CC/C=C/CC)CC1. The lowest BCUT2D eigenvalue weighted by atomic mass is 9.78. The first-order chi connectivity index (χ1) is 8.36. The summed E-state index contributed by atoms with van der Waals surface area (Å²) in [5.41, 5.74) is 0. The van der Waals surface area contributed by atoms with Crippen molar-refractivity contribution in [1.29, 1.82) is 0 Å². The number of allylic oxidation sites excluding steroid dienone is 4. The average Bonchev–Trinajstić information content (AvgIpc) is 2.37.